The van der Waals surface area contributed by atoms with Gasteiger partial charge in [-0.3, -0.25) is 4.99 Å². The molecule has 2 fully saturated rings. The monoisotopic (exact) mass is 437 g/mol. The van der Waals surface area contributed by atoms with E-state index in [1.54, 1.807) is 7.11 Å². The maximum atomic E-state index is 6.31. The van der Waals surface area contributed by atoms with Crippen molar-refractivity contribution in [2.24, 2.45) is 10.9 Å². The van der Waals surface area contributed by atoms with Crippen LogP contribution in [0.5, 0.6) is 0 Å². The lowest BCUT2D eigenvalue weighted by Crippen LogP contribution is -2.43. The molecule has 0 amide bonds. The predicted molar refractivity (Wildman–Crippen MR) is 122 cm³/mol. The number of nitrogens with one attached hydrogen (secondary N) is 1. The molecule has 3 rings (SSSR count). The first-order valence-electron chi connectivity index (χ1n) is 11.1. The highest BCUT2D eigenvalue weighted by atomic mass is 35.5. The number of aliphatic imine (C=N–C) groups is 1. The molecule has 1 aromatic carbocycles. The van der Waals surface area contributed by atoms with Crippen molar-refractivity contribution in [3.63, 3.8) is 0 Å². The summed E-state index contributed by atoms with van der Waals surface area (Å²) in [6.07, 6.45) is 3.06. The third-order valence-electron chi connectivity index (χ3n) is 6.12. The Morgan fingerprint density at radius 2 is 2.17 bits per heavy atom. The molecule has 2 aliphatic rings. The quantitative estimate of drug-likeness (QED) is 0.365. The van der Waals surface area contributed by atoms with Gasteiger partial charge in [-0.25, -0.2) is 0 Å². The van der Waals surface area contributed by atoms with Gasteiger partial charge in [-0.1, -0.05) is 23.7 Å². The topological polar surface area (TPSA) is 55.3 Å². The van der Waals surface area contributed by atoms with Crippen molar-refractivity contribution in [2.45, 2.75) is 31.6 Å². The molecule has 6 nitrogen and oxygen atoms in total. The minimum Gasteiger partial charge on any atom is -0.382 e. The van der Waals surface area contributed by atoms with E-state index in [1.165, 1.54) is 5.56 Å². The van der Waals surface area contributed by atoms with Gasteiger partial charge in [0.15, 0.2) is 5.96 Å². The second-order valence-electron chi connectivity index (χ2n) is 8.24. The van der Waals surface area contributed by atoms with Crippen LogP contribution in [0.4, 0.5) is 0 Å². The van der Waals surface area contributed by atoms with Gasteiger partial charge in [-0.05, 0) is 43.9 Å². The van der Waals surface area contributed by atoms with Crippen molar-refractivity contribution in [1.82, 2.24) is 10.2 Å². The number of ether oxygens (including phenoxy) is 3. The summed E-state index contributed by atoms with van der Waals surface area (Å²) in [5, 5.41) is 4.28. The number of nitrogens with zero attached hydrogens (tertiary/aromatic N) is 2. The minimum absolute atomic E-state index is 0.0216. The van der Waals surface area contributed by atoms with E-state index < -0.39 is 0 Å². The summed E-state index contributed by atoms with van der Waals surface area (Å²) in [5.74, 6) is 1.54. The highest BCUT2D eigenvalue weighted by Crippen LogP contribution is 2.36. The van der Waals surface area contributed by atoms with Crippen LogP contribution in [-0.2, 0) is 19.6 Å². The van der Waals surface area contributed by atoms with E-state index in [0.29, 0.717) is 19.1 Å². The Morgan fingerprint density at radius 1 is 1.33 bits per heavy atom. The van der Waals surface area contributed by atoms with Crippen molar-refractivity contribution < 1.29 is 14.2 Å². The summed E-state index contributed by atoms with van der Waals surface area (Å²) in [7, 11) is 1.70. The summed E-state index contributed by atoms with van der Waals surface area (Å²) >= 11 is 6.31. The van der Waals surface area contributed by atoms with Crippen LogP contribution >= 0.6 is 11.6 Å². The molecule has 1 atom stereocenters. The zero-order valence-corrected chi connectivity index (χ0v) is 19.1. The van der Waals surface area contributed by atoms with E-state index in [0.717, 1.165) is 76.2 Å². The maximum absolute atomic E-state index is 6.31. The molecule has 168 valence electrons. The average molecular weight is 438 g/mol. The minimum atomic E-state index is -0.0216. The van der Waals surface area contributed by atoms with E-state index in [1.807, 2.05) is 12.1 Å². The molecule has 0 radical (unpaired) electrons. The Morgan fingerprint density at radius 3 is 2.90 bits per heavy atom. The lowest BCUT2D eigenvalue weighted by molar-refractivity contribution is 0.0527. The fourth-order valence-electron chi connectivity index (χ4n) is 4.32. The van der Waals surface area contributed by atoms with E-state index in [9.17, 15) is 0 Å². The van der Waals surface area contributed by atoms with Gasteiger partial charge in [0, 0.05) is 56.3 Å². The van der Waals surface area contributed by atoms with Crippen LogP contribution in [0.1, 0.15) is 31.7 Å². The van der Waals surface area contributed by atoms with Crippen LogP contribution in [0.2, 0.25) is 5.02 Å². The van der Waals surface area contributed by atoms with Gasteiger partial charge in [-0.2, -0.15) is 0 Å². The molecule has 1 N–H and O–H groups in total. The average Bonchev–Trinajstić information content (AvgIpc) is 3.24. The molecule has 0 spiro atoms. The first-order chi connectivity index (χ1) is 14.7. The van der Waals surface area contributed by atoms with Gasteiger partial charge in [0.05, 0.1) is 26.4 Å². The maximum Gasteiger partial charge on any atom is 0.193 e. The third-order valence-corrected chi connectivity index (χ3v) is 6.36. The molecule has 2 heterocycles. The standard InChI is InChI=1S/C23H36ClN3O3/c1-3-25-22(27-10-7-19(16-27)17-30-14-13-28-2)26-18-23(8-11-29-12-9-23)20-5-4-6-21(24)15-20/h4-6,15,19H,3,7-14,16-18H2,1-2H3,(H,25,26). The van der Waals surface area contributed by atoms with Gasteiger partial charge < -0.3 is 24.4 Å². The third kappa shape index (κ3) is 6.33. The Balaban J connectivity index is 1.68. The lowest BCUT2D eigenvalue weighted by atomic mass is 9.74. The second kappa shape index (κ2) is 11.9. The molecule has 0 aromatic heterocycles. The van der Waals surface area contributed by atoms with E-state index in [4.69, 9.17) is 30.8 Å². The van der Waals surface area contributed by atoms with Crippen LogP contribution in [0.15, 0.2) is 29.3 Å². The fourth-order valence-corrected chi connectivity index (χ4v) is 4.51. The lowest BCUT2D eigenvalue weighted by Gasteiger charge is -2.37. The normalized spacial score (nSPS) is 21.8. The Labute approximate surface area is 185 Å². The molecule has 1 aromatic rings. The van der Waals surface area contributed by atoms with Crippen molar-refractivity contribution in [2.75, 3.05) is 66.3 Å². The number of hydrogen-bond acceptors (Lipinski definition) is 4. The highest BCUT2D eigenvalue weighted by Gasteiger charge is 2.35. The van der Waals surface area contributed by atoms with Gasteiger partial charge in [0.1, 0.15) is 0 Å². The van der Waals surface area contributed by atoms with Gasteiger partial charge in [-0.15, -0.1) is 0 Å². The fraction of sp³-hybridized carbons (Fsp3) is 0.696. The zero-order valence-electron chi connectivity index (χ0n) is 18.4. The molecule has 2 saturated heterocycles. The predicted octanol–water partition coefficient (Wildman–Crippen LogP) is 3.34. The Bertz CT molecular complexity index is 679. The first kappa shape index (κ1) is 23.3. The van der Waals surface area contributed by atoms with Gasteiger partial charge >= 0.3 is 0 Å². The molecule has 30 heavy (non-hydrogen) atoms. The molecule has 2 aliphatic heterocycles. The number of benzene rings is 1. The molecule has 0 bridgehead atoms. The number of guanidine groups is 1. The number of halogens is 1. The van der Waals surface area contributed by atoms with Crippen LogP contribution in [0, 0.1) is 5.92 Å². The van der Waals surface area contributed by atoms with Crippen molar-refractivity contribution >= 4 is 17.6 Å². The summed E-state index contributed by atoms with van der Waals surface area (Å²) in [4.78, 5) is 7.49. The van der Waals surface area contributed by atoms with E-state index >= 15 is 0 Å². The van der Waals surface area contributed by atoms with Crippen LogP contribution < -0.4 is 5.32 Å². The SMILES string of the molecule is CCNC(=NCC1(c2cccc(Cl)c2)CCOCC1)N1CCC(COCCOC)C1. The smallest absolute Gasteiger partial charge is 0.193 e. The van der Waals surface area contributed by atoms with E-state index in [-0.39, 0.29) is 5.41 Å². The molecule has 0 saturated carbocycles. The van der Waals surface area contributed by atoms with E-state index in [2.05, 4.69) is 29.3 Å². The Hall–Kier alpha value is -1.34. The van der Waals surface area contributed by atoms with Crippen molar-refractivity contribution in [1.29, 1.82) is 0 Å². The second-order valence-corrected chi connectivity index (χ2v) is 8.68. The molecule has 1 unspecified atom stereocenters. The summed E-state index contributed by atoms with van der Waals surface area (Å²) in [6, 6.07) is 8.25. The highest BCUT2D eigenvalue weighted by molar-refractivity contribution is 6.30. The van der Waals surface area contributed by atoms with Crippen LogP contribution in [-0.4, -0.2) is 77.2 Å². The summed E-state index contributed by atoms with van der Waals surface area (Å²) in [5.41, 5.74) is 1.25. The molecular weight excluding hydrogens is 402 g/mol. The van der Waals surface area contributed by atoms with Crippen molar-refractivity contribution in [3.05, 3.63) is 34.9 Å². The van der Waals surface area contributed by atoms with Crippen LogP contribution in [0.25, 0.3) is 0 Å². The number of likely N-dealkylation sites (tertiary alicyclic amines) is 1. The van der Waals surface area contributed by atoms with Crippen molar-refractivity contribution in [3.8, 4) is 0 Å². The number of methoxy groups -OCH3 is 1. The first-order valence-corrected chi connectivity index (χ1v) is 11.5. The van der Waals surface area contributed by atoms with Gasteiger partial charge in [0.2, 0.25) is 0 Å². The zero-order chi connectivity index (χ0) is 21.2. The number of rotatable bonds is 9. The Kier molecular flexibility index (Phi) is 9.25. The van der Waals surface area contributed by atoms with Crippen LogP contribution in [0.3, 0.4) is 0 Å². The largest absolute Gasteiger partial charge is 0.382 e. The summed E-state index contributed by atoms with van der Waals surface area (Å²) < 4.78 is 16.5. The molecule has 7 heteroatoms. The molecule has 0 aliphatic carbocycles. The molecular formula is C23H36ClN3O3. The summed E-state index contributed by atoms with van der Waals surface area (Å²) in [6.45, 7) is 9.33. The number of hydrogen-bond donors (Lipinski definition) is 1. The van der Waals surface area contributed by atoms with Gasteiger partial charge in [0.25, 0.3) is 0 Å².